The number of sulfonamides is 1. The maximum Gasteiger partial charge on any atom is 0.259 e. The first kappa shape index (κ1) is 41.6. The van der Waals surface area contributed by atoms with Crippen molar-refractivity contribution >= 4 is 44.6 Å². The van der Waals surface area contributed by atoms with Crippen molar-refractivity contribution in [1.29, 1.82) is 0 Å². The lowest BCUT2D eigenvalue weighted by molar-refractivity contribution is 0.102. The smallest absolute Gasteiger partial charge is 0.259 e. The zero-order chi connectivity index (χ0) is 42.7. The molecule has 1 amide bonds. The molecular weight excluding hydrogens is 805 g/mol. The van der Waals surface area contributed by atoms with Crippen LogP contribution < -0.4 is 25.0 Å². The number of aromatic nitrogens is 4. The molecular formula is C44H47F2N9O5S. The molecule has 5 heterocycles. The van der Waals surface area contributed by atoms with Crippen LogP contribution in [0, 0.1) is 11.6 Å². The number of nitrogens with one attached hydrogen (secondary N) is 2. The third kappa shape index (κ3) is 8.99. The SMILES string of the molecule is CCOc1cc(N2CCC(N3CCN(S(C)(=O)=O)CC3)CC2)ccc1Nc1nccc(-c2c(-c3ccc(OCC)c(C(=O)Nc4c(F)cccc4F)c3)nc3ccccn23)n1. The highest BCUT2D eigenvalue weighted by Crippen LogP contribution is 2.37. The Morgan fingerprint density at radius 1 is 0.836 bits per heavy atom. The summed E-state index contributed by atoms with van der Waals surface area (Å²) in [6.45, 7) is 8.71. The monoisotopic (exact) mass is 851 g/mol. The number of hydrogen-bond donors (Lipinski definition) is 2. The van der Waals surface area contributed by atoms with Gasteiger partial charge in [0, 0.05) is 75.0 Å². The zero-order valence-electron chi connectivity index (χ0n) is 34.1. The van der Waals surface area contributed by atoms with Crippen LogP contribution >= 0.6 is 0 Å². The van der Waals surface area contributed by atoms with E-state index in [1.807, 2.05) is 47.9 Å². The van der Waals surface area contributed by atoms with Crippen molar-refractivity contribution in [2.75, 3.05) is 74.3 Å². The zero-order valence-corrected chi connectivity index (χ0v) is 35.0. The number of piperidine rings is 1. The van der Waals surface area contributed by atoms with Gasteiger partial charge in [0.1, 0.15) is 34.5 Å². The van der Waals surface area contributed by atoms with Gasteiger partial charge in [-0.3, -0.25) is 14.1 Å². The van der Waals surface area contributed by atoms with E-state index < -0.39 is 33.3 Å². The molecule has 6 aromatic rings. The Hall–Kier alpha value is -6.17. The topological polar surface area (TPSA) is 147 Å². The Bertz CT molecular complexity index is 2640. The number of fused-ring (bicyclic) bond motifs is 1. The molecule has 61 heavy (non-hydrogen) atoms. The lowest BCUT2D eigenvalue weighted by Crippen LogP contribution is -2.54. The number of amides is 1. The quantitative estimate of drug-likeness (QED) is 0.123. The van der Waals surface area contributed by atoms with Gasteiger partial charge in [-0.15, -0.1) is 0 Å². The second-order valence-corrected chi connectivity index (χ2v) is 16.8. The summed E-state index contributed by atoms with van der Waals surface area (Å²) in [6.07, 6.45) is 6.75. The normalized spacial score (nSPS) is 15.5. The van der Waals surface area contributed by atoms with Crippen molar-refractivity contribution < 1.29 is 31.5 Å². The molecule has 318 valence electrons. The molecule has 0 radical (unpaired) electrons. The van der Waals surface area contributed by atoms with Crippen LogP contribution in [0.15, 0.2) is 91.3 Å². The molecule has 0 bridgehead atoms. The summed E-state index contributed by atoms with van der Waals surface area (Å²) in [5.74, 6) is -1.35. The number of halogens is 2. The van der Waals surface area contributed by atoms with Crippen LogP contribution in [0.25, 0.3) is 28.3 Å². The Kier molecular flexibility index (Phi) is 12.1. The van der Waals surface area contributed by atoms with Crippen LogP contribution in [0.4, 0.5) is 31.8 Å². The molecule has 3 aromatic heterocycles. The molecule has 2 saturated heterocycles. The maximum absolute atomic E-state index is 14.6. The number of piperazine rings is 1. The minimum Gasteiger partial charge on any atom is -0.493 e. The summed E-state index contributed by atoms with van der Waals surface area (Å²) < 4.78 is 68.5. The van der Waals surface area contributed by atoms with E-state index in [9.17, 15) is 22.0 Å². The largest absolute Gasteiger partial charge is 0.493 e. The minimum atomic E-state index is -3.17. The summed E-state index contributed by atoms with van der Waals surface area (Å²) >= 11 is 0. The number of anilines is 4. The average Bonchev–Trinajstić information content (AvgIpc) is 3.66. The van der Waals surface area contributed by atoms with Crippen molar-refractivity contribution in [2.24, 2.45) is 0 Å². The molecule has 0 aliphatic carbocycles. The number of para-hydroxylation sites is 1. The fourth-order valence-corrected chi connectivity index (χ4v) is 8.85. The third-order valence-corrected chi connectivity index (χ3v) is 12.3. The van der Waals surface area contributed by atoms with Gasteiger partial charge in [-0.25, -0.2) is 32.2 Å². The van der Waals surface area contributed by atoms with Crippen LogP contribution in [-0.2, 0) is 10.0 Å². The van der Waals surface area contributed by atoms with Crippen LogP contribution in [0.1, 0.15) is 37.0 Å². The highest BCUT2D eigenvalue weighted by Gasteiger charge is 2.30. The van der Waals surface area contributed by atoms with Gasteiger partial charge in [-0.05, 0) is 87.4 Å². The first-order valence-electron chi connectivity index (χ1n) is 20.3. The van der Waals surface area contributed by atoms with Crippen molar-refractivity contribution in [2.45, 2.75) is 32.7 Å². The summed E-state index contributed by atoms with van der Waals surface area (Å²) in [6, 6.07) is 22.2. The van der Waals surface area contributed by atoms with Crippen molar-refractivity contribution in [1.82, 2.24) is 28.6 Å². The Labute approximate surface area is 353 Å². The number of benzene rings is 3. The molecule has 17 heteroatoms. The second kappa shape index (κ2) is 17.8. The van der Waals surface area contributed by atoms with Gasteiger partial charge in [0.15, 0.2) is 0 Å². The van der Waals surface area contributed by atoms with Gasteiger partial charge in [0.25, 0.3) is 5.91 Å². The fraction of sp³-hybridized carbons (Fsp3) is 0.318. The van der Waals surface area contributed by atoms with Gasteiger partial charge in [0.05, 0.1) is 47.8 Å². The van der Waals surface area contributed by atoms with Crippen LogP contribution in [-0.4, -0.2) is 108 Å². The number of nitrogens with zero attached hydrogens (tertiary/aromatic N) is 7. The van der Waals surface area contributed by atoms with E-state index in [1.165, 1.54) is 12.3 Å². The van der Waals surface area contributed by atoms with Gasteiger partial charge < -0.3 is 25.0 Å². The van der Waals surface area contributed by atoms with E-state index in [1.54, 1.807) is 41.7 Å². The molecule has 2 fully saturated rings. The molecule has 0 saturated carbocycles. The maximum atomic E-state index is 14.6. The van der Waals surface area contributed by atoms with Crippen molar-refractivity contribution in [3.05, 3.63) is 108 Å². The molecule has 2 aliphatic rings. The second-order valence-electron chi connectivity index (χ2n) is 14.9. The van der Waals surface area contributed by atoms with E-state index >= 15 is 0 Å². The standard InChI is InChI=1S/C44H47F2N9O5S/c1-4-59-37-15-12-29(27-32(37)43(56)51-41-33(45)9-8-10-34(41)46)40-42(55-20-7-6-11-39(55)50-40)36-16-19-47-44(49-36)48-35-14-13-31(28-38(35)60-5-2)52-21-17-30(18-22-52)53-23-25-54(26-24-53)61(3,57)58/h6-16,19-20,27-28,30H,4-5,17-18,21-26H2,1-3H3,(H,51,56)(H,47,48,49). The average molecular weight is 852 g/mol. The molecule has 14 nitrogen and oxygen atoms in total. The lowest BCUT2D eigenvalue weighted by Gasteiger charge is -2.42. The summed E-state index contributed by atoms with van der Waals surface area (Å²) in [4.78, 5) is 32.8. The van der Waals surface area contributed by atoms with Crippen LogP contribution in [0.3, 0.4) is 0 Å². The number of imidazole rings is 1. The summed E-state index contributed by atoms with van der Waals surface area (Å²) in [7, 11) is -3.17. The van der Waals surface area contributed by atoms with E-state index in [4.69, 9.17) is 19.4 Å². The van der Waals surface area contributed by atoms with Gasteiger partial charge >= 0.3 is 0 Å². The number of hydrogen-bond acceptors (Lipinski definition) is 11. The molecule has 3 aromatic carbocycles. The molecule has 0 spiro atoms. The Balaban J connectivity index is 1.04. The third-order valence-electron chi connectivity index (χ3n) is 11.0. The molecule has 0 unspecified atom stereocenters. The molecule has 2 aliphatic heterocycles. The van der Waals surface area contributed by atoms with Crippen molar-refractivity contribution in [3.63, 3.8) is 0 Å². The van der Waals surface area contributed by atoms with E-state index in [0.717, 1.165) is 56.8 Å². The molecule has 0 atom stereocenters. The van der Waals surface area contributed by atoms with Gasteiger partial charge in [0.2, 0.25) is 16.0 Å². The Morgan fingerprint density at radius 3 is 2.30 bits per heavy atom. The van der Waals surface area contributed by atoms with Crippen LogP contribution in [0.2, 0.25) is 0 Å². The van der Waals surface area contributed by atoms with Gasteiger partial charge in [-0.2, -0.15) is 4.31 Å². The van der Waals surface area contributed by atoms with E-state index in [2.05, 4.69) is 31.5 Å². The predicted octanol–water partition coefficient (Wildman–Crippen LogP) is 7.08. The predicted molar refractivity (Wildman–Crippen MR) is 231 cm³/mol. The number of carbonyl (C=O) groups excluding carboxylic acids is 1. The highest BCUT2D eigenvalue weighted by molar-refractivity contribution is 7.88. The van der Waals surface area contributed by atoms with Crippen molar-refractivity contribution in [3.8, 4) is 34.1 Å². The van der Waals surface area contributed by atoms with E-state index in [-0.39, 0.29) is 17.9 Å². The molecule has 2 N–H and O–H groups in total. The molecule has 8 rings (SSSR count). The fourth-order valence-electron chi connectivity index (χ4n) is 8.02. The van der Waals surface area contributed by atoms with Gasteiger partial charge in [-0.1, -0.05) is 12.1 Å². The Morgan fingerprint density at radius 2 is 1.57 bits per heavy atom. The highest BCUT2D eigenvalue weighted by atomic mass is 32.2. The number of pyridine rings is 1. The van der Waals surface area contributed by atoms with Crippen LogP contribution in [0.5, 0.6) is 11.5 Å². The summed E-state index contributed by atoms with van der Waals surface area (Å²) in [5.41, 5.74) is 4.07. The summed E-state index contributed by atoms with van der Waals surface area (Å²) in [5, 5.41) is 5.73. The van der Waals surface area contributed by atoms with E-state index in [0.29, 0.717) is 71.4 Å². The lowest BCUT2D eigenvalue weighted by atomic mass is 10.0. The number of carbonyl (C=O) groups is 1. The minimum absolute atomic E-state index is 0.0660. The number of rotatable bonds is 13. The number of ether oxygens (including phenoxy) is 2. The first-order valence-corrected chi connectivity index (χ1v) is 22.2. The first-order chi connectivity index (χ1) is 29.5.